The number of nitrogens with one attached hydrogen (secondary N) is 4. The fourth-order valence-electron chi connectivity index (χ4n) is 5.83. The average molecular weight is 775 g/mol. The number of rotatable bonds is 24. The van der Waals surface area contributed by atoms with Gasteiger partial charge in [0.05, 0.1) is 61.0 Å². The van der Waals surface area contributed by atoms with Gasteiger partial charge >= 0.3 is 12.0 Å². The molecule has 1 aromatic heterocycles. The van der Waals surface area contributed by atoms with Gasteiger partial charge in [-0.25, -0.2) is 9.48 Å². The number of esters is 1. The molecule has 0 aromatic carbocycles. The van der Waals surface area contributed by atoms with Gasteiger partial charge in [0.25, 0.3) is 0 Å². The molecule has 2 fully saturated rings. The van der Waals surface area contributed by atoms with Gasteiger partial charge in [0.15, 0.2) is 0 Å². The Bertz CT molecular complexity index is 1250. The van der Waals surface area contributed by atoms with Crippen LogP contribution in [-0.2, 0) is 46.4 Å². The molecule has 276 valence electrons. The number of Topliss-reactive ketones (excluding diaryl/α,β-unsaturated/α-hetero) is 1. The Labute approximate surface area is 301 Å². The van der Waals surface area contributed by atoms with E-state index >= 15 is 0 Å². The standard InChI is InChI=1S/C32H52BrN7O8S/c1-32(2,18-21(28(42)34-3)17-24(33)29(43)35-4)30(44)48-16-15-47-14-13-46-12-11-40-19-22(38-39-40)9-10-23(41)7-5-6-8-26-27-25(20-49-26)36-31(45)37-27/h19,21,24-27H,5-18,20H2,1-4H3,(H,34,42)(H,35,43)(H2,36,37,45). The van der Waals surface area contributed by atoms with Crippen molar-refractivity contribution in [1.29, 1.82) is 0 Å². The molecule has 2 saturated heterocycles. The lowest BCUT2D eigenvalue weighted by Crippen LogP contribution is -2.39. The van der Waals surface area contributed by atoms with Crippen molar-refractivity contribution in [2.45, 2.75) is 93.9 Å². The summed E-state index contributed by atoms with van der Waals surface area (Å²) in [7, 11) is 3.05. The molecule has 3 heterocycles. The number of aromatic nitrogens is 3. The minimum absolute atomic E-state index is 0.0652. The van der Waals surface area contributed by atoms with Crippen LogP contribution in [-0.4, -0.2) is 120 Å². The highest BCUT2D eigenvalue weighted by atomic mass is 79.9. The Hall–Kier alpha value is -2.76. The first-order valence-electron chi connectivity index (χ1n) is 16.9. The first kappa shape index (κ1) is 40.7. The zero-order valence-corrected chi connectivity index (χ0v) is 31.4. The summed E-state index contributed by atoms with van der Waals surface area (Å²) in [4.78, 5) is 60.4. The summed E-state index contributed by atoms with van der Waals surface area (Å²) in [5.74, 6) is -0.321. The van der Waals surface area contributed by atoms with Crippen LogP contribution >= 0.6 is 27.7 Å². The molecule has 2 aliphatic heterocycles. The maximum absolute atomic E-state index is 12.7. The van der Waals surface area contributed by atoms with E-state index in [0.29, 0.717) is 50.9 Å². The predicted octanol–water partition coefficient (Wildman–Crippen LogP) is 1.76. The second-order valence-electron chi connectivity index (χ2n) is 13.0. The maximum atomic E-state index is 12.7. The van der Waals surface area contributed by atoms with E-state index < -0.39 is 22.1 Å². The van der Waals surface area contributed by atoms with Crippen molar-refractivity contribution < 1.29 is 38.2 Å². The minimum atomic E-state index is -0.943. The van der Waals surface area contributed by atoms with Gasteiger partial charge < -0.3 is 35.5 Å². The largest absolute Gasteiger partial charge is 0.463 e. The fraction of sp³-hybridized carbons (Fsp3) is 0.781. The van der Waals surface area contributed by atoms with Crippen molar-refractivity contribution in [3.63, 3.8) is 0 Å². The number of carbonyl (C=O) groups is 5. The van der Waals surface area contributed by atoms with Crippen molar-refractivity contribution >= 4 is 57.3 Å². The van der Waals surface area contributed by atoms with E-state index in [2.05, 4.69) is 47.5 Å². The lowest BCUT2D eigenvalue weighted by Gasteiger charge is -2.28. The highest BCUT2D eigenvalue weighted by Crippen LogP contribution is 2.33. The molecule has 0 saturated carbocycles. The Morgan fingerprint density at radius 3 is 2.49 bits per heavy atom. The lowest BCUT2D eigenvalue weighted by atomic mass is 9.80. The second kappa shape index (κ2) is 20.8. The SMILES string of the molecule is CNC(=O)C(Br)CC(CC(C)(C)C(=O)OCCOCCOCCn1cc(CCC(=O)CCCCC2SCC3NC(=O)NC32)nn1)C(=O)NC. The van der Waals surface area contributed by atoms with Gasteiger partial charge in [0.1, 0.15) is 12.4 Å². The van der Waals surface area contributed by atoms with Crippen molar-refractivity contribution in [2.24, 2.45) is 11.3 Å². The maximum Gasteiger partial charge on any atom is 0.315 e. The molecule has 0 radical (unpaired) electrons. The van der Waals surface area contributed by atoms with Crippen LogP contribution in [0, 0.1) is 11.3 Å². The van der Waals surface area contributed by atoms with Gasteiger partial charge in [-0.15, -0.1) is 5.10 Å². The summed E-state index contributed by atoms with van der Waals surface area (Å²) in [5, 5.41) is 19.8. The number of alkyl halides is 1. The lowest BCUT2D eigenvalue weighted by molar-refractivity contribution is -0.157. The smallest absolute Gasteiger partial charge is 0.315 e. The van der Waals surface area contributed by atoms with Crippen LogP contribution in [0.3, 0.4) is 0 Å². The van der Waals surface area contributed by atoms with E-state index in [9.17, 15) is 24.0 Å². The van der Waals surface area contributed by atoms with Crippen LogP contribution in [0.2, 0.25) is 0 Å². The van der Waals surface area contributed by atoms with Gasteiger partial charge in [-0.1, -0.05) is 27.6 Å². The molecule has 0 spiro atoms. The van der Waals surface area contributed by atoms with Gasteiger partial charge in [-0.3, -0.25) is 19.2 Å². The van der Waals surface area contributed by atoms with Gasteiger partial charge in [-0.2, -0.15) is 11.8 Å². The summed E-state index contributed by atoms with van der Waals surface area (Å²) >= 11 is 5.21. The van der Waals surface area contributed by atoms with Crippen molar-refractivity contribution in [2.75, 3.05) is 52.9 Å². The average Bonchev–Trinajstić information content (AvgIpc) is 3.79. The van der Waals surface area contributed by atoms with Crippen LogP contribution in [0.5, 0.6) is 0 Å². The molecule has 4 N–H and O–H groups in total. The Kier molecular flexibility index (Phi) is 17.3. The fourth-order valence-corrected chi connectivity index (χ4v) is 8.06. The number of ether oxygens (including phenoxy) is 3. The van der Waals surface area contributed by atoms with Crippen LogP contribution < -0.4 is 21.3 Å². The third kappa shape index (κ3) is 13.8. The Morgan fingerprint density at radius 1 is 1.04 bits per heavy atom. The molecule has 0 bridgehead atoms. The number of hydrogen-bond donors (Lipinski definition) is 4. The third-order valence-corrected chi connectivity index (χ3v) is 10.9. The van der Waals surface area contributed by atoms with Crippen molar-refractivity contribution in [3.05, 3.63) is 11.9 Å². The van der Waals surface area contributed by atoms with E-state index in [0.717, 1.165) is 30.7 Å². The molecule has 3 rings (SSSR count). The summed E-state index contributed by atoms with van der Waals surface area (Å²) < 4.78 is 18.2. The number of nitrogens with zero attached hydrogens (tertiary/aromatic N) is 3. The van der Waals surface area contributed by atoms with Gasteiger partial charge in [0.2, 0.25) is 11.8 Å². The van der Waals surface area contributed by atoms with Crippen molar-refractivity contribution in [1.82, 2.24) is 36.3 Å². The number of urea groups is 1. The van der Waals surface area contributed by atoms with E-state index in [1.165, 1.54) is 14.1 Å². The molecule has 5 unspecified atom stereocenters. The van der Waals surface area contributed by atoms with E-state index in [1.54, 1.807) is 18.5 Å². The number of amides is 4. The van der Waals surface area contributed by atoms with E-state index in [-0.39, 0.29) is 61.8 Å². The van der Waals surface area contributed by atoms with Crippen molar-refractivity contribution in [3.8, 4) is 0 Å². The predicted molar refractivity (Wildman–Crippen MR) is 187 cm³/mol. The Balaban J connectivity index is 1.19. The Morgan fingerprint density at radius 2 is 1.76 bits per heavy atom. The molecular weight excluding hydrogens is 722 g/mol. The highest BCUT2D eigenvalue weighted by molar-refractivity contribution is 9.10. The molecule has 4 amide bonds. The minimum Gasteiger partial charge on any atom is -0.463 e. The van der Waals surface area contributed by atoms with Crippen LogP contribution in [0.1, 0.15) is 64.5 Å². The van der Waals surface area contributed by atoms with Crippen LogP contribution in [0.15, 0.2) is 6.20 Å². The quantitative estimate of drug-likeness (QED) is 0.0518. The van der Waals surface area contributed by atoms with Crippen LogP contribution in [0.25, 0.3) is 0 Å². The normalized spacial score (nSPS) is 19.8. The van der Waals surface area contributed by atoms with Crippen LogP contribution in [0.4, 0.5) is 4.79 Å². The second-order valence-corrected chi connectivity index (χ2v) is 15.3. The monoisotopic (exact) mass is 773 g/mol. The molecular formula is C32H52BrN7O8S. The molecule has 0 aliphatic carbocycles. The molecule has 17 heteroatoms. The first-order valence-corrected chi connectivity index (χ1v) is 18.9. The summed E-state index contributed by atoms with van der Waals surface area (Å²) in [6.45, 7) is 5.30. The van der Waals surface area contributed by atoms with Gasteiger partial charge in [-0.05, 0) is 46.0 Å². The zero-order chi connectivity index (χ0) is 35.8. The first-order chi connectivity index (χ1) is 23.4. The highest BCUT2D eigenvalue weighted by Gasteiger charge is 2.42. The zero-order valence-electron chi connectivity index (χ0n) is 29.0. The molecule has 1 aromatic rings. The number of unbranched alkanes of at least 4 members (excludes halogenated alkanes) is 1. The molecule has 15 nitrogen and oxygen atoms in total. The number of hydrogen-bond acceptors (Lipinski definition) is 11. The summed E-state index contributed by atoms with van der Waals surface area (Å²) in [6, 6.07) is 0.367. The van der Waals surface area contributed by atoms with E-state index in [1.807, 2.05) is 18.0 Å². The number of halogens is 1. The van der Waals surface area contributed by atoms with E-state index in [4.69, 9.17) is 14.2 Å². The summed E-state index contributed by atoms with van der Waals surface area (Å²) in [6.07, 6.45) is 6.66. The topological polar surface area (TPSA) is 192 Å². The molecule has 5 atom stereocenters. The number of carbonyl (C=O) groups excluding carboxylic acids is 5. The molecule has 49 heavy (non-hydrogen) atoms. The number of thioether (sulfide) groups is 1. The number of fused-ring (bicyclic) bond motifs is 1. The molecule has 2 aliphatic rings. The van der Waals surface area contributed by atoms with Gasteiger partial charge in [0, 0.05) is 50.1 Å². The number of aryl methyl sites for hydroxylation is 1. The summed E-state index contributed by atoms with van der Waals surface area (Å²) in [5.41, 5.74) is -0.172. The number of ketones is 1. The third-order valence-electron chi connectivity index (χ3n) is 8.62.